The Hall–Kier alpha value is -2.64. The van der Waals surface area contributed by atoms with E-state index in [1.807, 2.05) is 0 Å². The van der Waals surface area contributed by atoms with Crippen molar-refractivity contribution >= 4 is 23.3 Å². The van der Waals surface area contributed by atoms with Crippen LogP contribution in [0.5, 0.6) is 5.75 Å². The maximum absolute atomic E-state index is 11.0. The summed E-state index contributed by atoms with van der Waals surface area (Å²) >= 11 is 0. The van der Waals surface area contributed by atoms with Gasteiger partial charge in [-0.3, -0.25) is 14.6 Å². The Bertz CT molecular complexity index is 530. The molecule has 8 heteroatoms. The number of carbonyl (C=O) groups is 2. The van der Waals surface area contributed by atoms with Gasteiger partial charge in [0.2, 0.25) is 5.91 Å². The molecule has 0 aliphatic heterocycles. The molecule has 0 fully saturated rings. The number of rotatable bonds is 6. The van der Waals surface area contributed by atoms with Crippen LogP contribution in [0.3, 0.4) is 0 Å². The molecule has 0 heterocycles. The highest BCUT2D eigenvalue weighted by Crippen LogP contribution is 2.30. The van der Waals surface area contributed by atoms with Gasteiger partial charge in [-0.25, -0.2) is 0 Å². The average molecular weight is 280 g/mol. The zero-order valence-corrected chi connectivity index (χ0v) is 11.5. The Kier molecular flexibility index (Phi) is 5.45. The fourth-order valence-corrected chi connectivity index (χ4v) is 1.40. The zero-order valence-electron chi connectivity index (χ0n) is 11.5. The third kappa shape index (κ3) is 4.92. The van der Waals surface area contributed by atoms with Crippen molar-refractivity contribution in [2.75, 3.05) is 26.0 Å². The van der Waals surface area contributed by atoms with Gasteiger partial charge in [0.1, 0.15) is 18.0 Å². The highest BCUT2D eigenvalue weighted by atomic mass is 16.5. The number of aliphatic carboxylic acids is 1. The number of carbonyl (C=O) groups excluding carboxylic acids is 1. The molecule has 0 bridgehead atoms. The van der Waals surface area contributed by atoms with Crippen LogP contribution in [0, 0.1) is 0 Å². The number of hydrogen-bond acceptors (Lipinski definition) is 5. The number of carboxylic acids is 1. The minimum absolute atomic E-state index is 0.207. The number of hydrogen-bond donors (Lipinski definition) is 2. The van der Waals surface area contributed by atoms with E-state index in [-0.39, 0.29) is 12.5 Å². The van der Waals surface area contributed by atoms with Crippen molar-refractivity contribution in [2.45, 2.75) is 6.92 Å². The Morgan fingerprint density at radius 1 is 1.45 bits per heavy atom. The lowest BCUT2D eigenvalue weighted by Crippen LogP contribution is -2.19. The summed E-state index contributed by atoms with van der Waals surface area (Å²) in [6.45, 7) is 1.13. The summed E-state index contributed by atoms with van der Waals surface area (Å²) in [6, 6.07) is 4.88. The first-order valence-corrected chi connectivity index (χ1v) is 5.72. The molecular formula is C12H16N4O4. The van der Waals surface area contributed by atoms with Crippen LogP contribution in [0.2, 0.25) is 0 Å². The molecule has 1 aromatic rings. The lowest BCUT2D eigenvalue weighted by atomic mass is 10.2. The SMILES string of the molecule is COc1ccc(NC(C)=O)cc1/N=N/N(C)CC(=O)O. The summed E-state index contributed by atoms with van der Waals surface area (Å²) in [7, 11) is 2.97. The van der Waals surface area contributed by atoms with Crippen LogP contribution in [-0.4, -0.2) is 42.7 Å². The highest BCUT2D eigenvalue weighted by molar-refractivity contribution is 5.89. The lowest BCUT2D eigenvalue weighted by molar-refractivity contribution is -0.138. The minimum Gasteiger partial charge on any atom is -0.494 e. The fraction of sp³-hybridized carbons (Fsp3) is 0.333. The van der Waals surface area contributed by atoms with Crippen molar-refractivity contribution in [1.29, 1.82) is 0 Å². The quantitative estimate of drug-likeness (QED) is 0.609. The van der Waals surface area contributed by atoms with E-state index in [2.05, 4.69) is 15.7 Å². The molecular weight excluding hydrogens is 264 g/mol. The smallest absolute Gasteiger partial charge is 0.324 e. The Balaban J connectivity index is 2.93. The number of benzene rings is 1. The van der Waals surface area contributed by atoms with Crippen LogP contribution in [0.1, 0.15) is 6.92 Å². The molecule has 0 aliphatic rings. The average Bonchev–Trinajstić information content (AvgIpc) is 2.35. The summed E-state index contributed by atoms with van der Waals surface area (Å²) in [6.07, 6.45) is 0. The lowest BCUT2D eigenvalue weighted by Gasteiger charge is -2.09. The van der Waals surface area contributed by atoms with E-state index < -0.39 is 5.97 Å². The molecule has 0 spiro atoms. The Morgan fingerprint density at radius 2 is 2.15 bits per heavy atom. The molecule has 0 saturated carbocycles. The predicted molar refractivity (Wildman–Crippen MR) is 72.1 cm³/mol. The van der Waals surface area contributed by atoms with E-state index >= 15 is 0 Å². The Morgan fingerprint density at radius 3 is 2.70 bits per heavy atom. The van der Waals surface area contributed by atoms with Crippen molar-refractivity contribution in [3.05, 3.63) is 18.2 Å². The summed E-state index contributed by atoms with van der Waals surface area (Å²) in [5.41, 5.74) is 0.934. The molecule has 0 radical (unpaired) electrons. The number of methoxy groups -OCH3 is 1. The molecule has 1 aromatic carbocycles. The minimum atomic E-state index is -1.01. The topological polar surface area (TPSA) is 104 Å². The number of anilines is 1. The van der Waals surface area contributed by atoms with E-state index in [1.165, 1.54) is 26.1 Å². The number of likely N-dealkylation sites (N-methyl/N-ethyl adjacent to an activating group) is 1. The van der Waals surface area contributed by atoms with Crippen LogP contribution in [0.4, 0.5) is 11.4 Å². The largest absolute Gasteiger partial charge is 0.494 e. The van der Waals surface area contributed by atoms with E-state index in [0.717, 1.165) is 0 Å². The number of amides is 1. The molecule has 0 aliphatic carbocycles. The molecule has 8 nitrogen and oxygen atoms in total. The van der Waals surface area contributed by atoms with E-state index in [4.69, 9.17) is 9.84 Å². The summed E-state index contributed by atoms with van der Waals surface area (Å²) < 4.78 is 5.12. The van der Waals surface area contributed by atoms with Crippen molar-refractivity contribution < 1.29 is 19.4 Å². The summed E-state index contributed by atoms with van der Waals surface area (Å²) in [4.78, 5) is 21.5. The normalized spacial score (nSPS) is 10.3. The first kappa shape index (κ1) is 15.4. The molecule has 0 atom stereocenters. The molecule has 2 N–H and O–H groups in total. The van der Waals surface area contributed by atoms with Crippen molar-refractivity contribution in [1.82, 2.24) is 5.01 Å². The van der Waals surface area contributed by atoms with Gasteiger partial charge < -0.3 is 15.2 Å². The van der Waals surface area contributed by atoms with Gasteiger partial charge in [-0.15, -0.1) is 5.11 Å². The van der Waals surface area contributed by atoms with Crippen LogP contribution in [-0.2, 0) is 9.59 Å². The second-order valence-corrected chi connectivity index (χ2v) is 3.97. The second-order valence-electron chi connectivity index (χ2n) is 3.97. The summed E-state index contributed by atoms with van der Waals surface area (Å²) in [5, 5.41) is 20.1. The van der Waals surface area contributed by atoms with E-state index in [9.17, 15) is 9.59 Å². The Labute approximate surface area is 116 Å². The summed E-state index contributed by atoms with van der Waals surface area (Å²) in [5.74, 6) is -0.752. The maximum atomic E-state index is 11.0. The third-order valence-corrected chi connectivity index (χ3v) is 2.17. The maximum Gasteiger partial charge on any atom is 0.324 e. The first-order chi connectivity index (χ1) is 9.42. The number of carboxylic acid groups (broad SMARTS) is 1. The third-order valence-electron chi connectivity index (χ3n) is 2.17. The van der Waals surface area contributed by atoms with Gasteiger partial charge in [0.05, 0.1) is 7.11 Å². The molecule has 1 rings (SSSR count). The van der Waals surface area contributed by atoms with Gasteiger partial charge >= 0.3 is 5.97 Å². The zero-order chi connectivity index (χ0) is 15.1. The van der Waals surface area contributed by atoms with Gasteiger partial charge in [0, 0.05) is 19.7 Å². The van der Waals surface area contributed by atoms with Crippen LogP contribution in [0.25, 0.3) is 0 Å². The molecule has 0 saturated heterocycles. The van der Waals surface area contributed by atoms with Crippen molar-refractivity contribution in [2.24, 2.45) is 10.3 Å². The van der Waals surface area contributed by atoms with Gasteiger partial charge in [0.15, 0.2) is 0 Å². The molecule has 0 aromatic heterocycles. The number of nitrogens with one attached hydrogen (secondary N) is 1. The van der Waals surface area contributed by atoms with Crippen LogP contribution < -0.4 is 10.1 Å². The predicted octanol–water partition coefficient (Wildman–Crippen LogP) is 1.67. The molecule has 108 valence electrons. The van der Waals surface area contributed by atoms with Crippen LogP contribution >= 0.6 is 0 Å². The van der Waals surface area contributed by atoms with Gasteiger partial charge in [-0.1, -0.05) is 5.22 Å². The van der Waals surface area contributed by atoms with Crippen LogP contribution in [0.15, 0.2) is 28.5 Å². The highest BCUT2D eigenvalue weighted by Gasteiger charge is 2.06. The molecule has 0 unspecified atom stereocenters. The van der Waals surface area contributed by atoms with E-state index in [1.54, 1.807) is 18.2 Å². The molecule has 1 amide bonds. The number of nitrogens with zero attached hydrogens (tertiary/aromatic N) is 3. The van der Waals surface area contributed by atoms with Crippen molar-refractivity contribution in [3.63, 3.8) is 0 Å². The van der Waals surface area contributed by atoms with Gasteiger partial charge in [-0.05, 0) is 18.2 Å². The van der Waals surface area contributed by atoms with Gasteiger partial charge in [0.25, 0.3) is 0 Å². The fourth-order valence-electron chi connectivity index (χ4n) is 1.40. The first-order valence-electron chi connectivity index (χ1n) is 5.72. The van der Waals surface area contributed by atoms with Crippen molar-refractivity contribution in [3.8, 4) is 5.75 Å². The monoisotopic (exact) mass is 280 g/mol. The van der Waals surface area contributed by atoms with E-state index in [0.29, 0.717) is 17.1 Å². The second kappa shape index (κ2) is 7.07. The number of ether oxygens (including phenoxy) is 1. The molecule has 20 heavy (non-hydrogen) atoms. The standard InChI is InChI=1S/C12H16N4O4/c1-8(17)13-9-4-5-11(20-3)10(6-9)14-15-16(2)7-12(18)19/h4-6H,7H2,1-3H3,(H,13,17)(H,18,19)/b15-14+. The van der Waals surface area contributed by atoms with Gasteiger partial charge in [-0.2, -0.15) is 0 Å².